The van der Waals surface area contributed by atoms with Gasteiger partial charge in [-0.15, -0.1) is 0 Å². The zero-order valence-electron chi connectivity index (χ0n) is 7.27. The van der Waals surface area contributed by atoms with Gasteiger partial charge in [0, 0.05) is 0 Å². The third kappa shape index (κ3) is 2.22. The second kappa shape index (κ2) is 4.70. The van der Waals surface area contributed by atoms with E-state index in [4.69, 9.17) is 8.91 Å². The van der Waals surface area contributed by atoms with Crippen LogP contribution in [0.3, 0.4) is 0 Å². The molecule has 2 aromatic heterocycles. The summed E-state index contributed by atoms with van der Waals surface area (Å²) < 4.78 is 1.97. The molecular formula is C10H8ClIN2. The molecule has 0 unspecified atom stereocenters. The van der Waals surface area contributed by atoms with Gasteiger partial charge in [0.1, 0.15) is 0 Å². The standard InChI is InChI=1S/C10H8ClIN2/c11-12(9-5-1-3-7-13-9)10-6-2-4-8-14-10/h1-8H. The van der Waals surface area contributed by atoms with Crippen LogP contribution in [0.1, 0.15) is 0 Å². The maximum atomic E-state index is 6.36. The predicted octanol–water partition coefficient (Wildman–Crippen LogP) is 3.18. The van der Waals surface area contributed by atoms with E-state index < -0.39 is 18.7 Å². The minimum atomic E-state index is -1.85. The van der Waals surface area contributed by atoms with Crippen LogP contribution < -0.4 is 0 Å². The van der Waals surface area contributed by atoms with Crippen LogP contribution in [-0.2, 0) is 0 Å². The summed E-state index contributed by atoms with van der Waals surface area (Å²) in [6.45, 7) is 0. The second-order valence-corrected chi connectivity index (χ2v) is 8.02. The van der Waals surface area contributed by atoms with Gasteiger partial charge in [-0.1, -0.05) is 0 Å². The zero-order valence-corrected chi connectivity index (χ0v) is 10.2. The van der Waals surface area contributed by atoms with Crippen LogP contribution >= 0.6 is 27.6 Å². The van der Waals surface area contributed by atoms with E-state index in [1.54, 1.807) is 12.4 Å². The first-order valence-electron chi connectivity index (χ1n) is 4.06. The molecule has 0 bridgehead atoms. The SMILES string of the molecule is ClI(c1ccccn1)c1ccccn1. The average molecular weight is 319 g/mol. The summed E-state index contributed by atoms with van der Waals surface area (Å²) in [5, 5.41) is 0. The summed E-state index contributed by atoms with van der Waals surface area (Å²) in [5.74, 6) is 0. The van der Waals surface area contributed by atoms with E-state index in [0.717, 1.165) is 7.40 Å². The molecule has 2 aromatic rings. The summed E-state index contributed by atoms with van der Waals surface area (Å²) in [6, 6.07) is 11.6. The van der Waals surface area contributed by atoms with Gasteiger partial charge in [-0.2, -0.15) is 0 Å². The first-order valence-corrected chi connectivity index (χ1v) is 8.95. The molecule has 0 saturated carbocycles. The van der Waals surface area contributed by atoms with Crippen molar-refractivity contribution in [1.82, 2.24) is 9.97 Å². The van der Waals surface area contributed by atoms with Gasteiger partial charge in [-0.3, -0.25) is 0 Å². The van der Waals surface area contributed by atoms with Gasteiger partial charge >= 0.3 is 93.8 Å². The number of rotatable bonds is 2. The van der Waals surface area contributed by atoms with Crippen LogP contribution in [0, 0.1) is 7.40 Å². The number of pyridine rings is 2. The average Bonchev–Trinajstić information content (AvgIpc) is 2.30. The van der Waals surface area contributed by atoms with Crippen molar-refractivity contribution in [3.63, 3.8) is 0 Å². The molecule has 0 aliphatic rings. The van der Waals surface area contributed by atoms with Gasteiger partial charge < -0.3 is 0 Å². The second-order valence-electron chi connectivity index (χ2n) is 2.54. The van der Waals surface area contributed by atoms with Gasteiger partial charge in [0.05, 0.1) is 0 Å². The normalized spacial score (nSPS) is 11.1. The van der Waals surface area contributed by atoms with E-state index in [-0.39, 0.29) is 0 Å². The molecule has 0 amide bonds. The van der Waals surface area contributed by atoms with Crippen molar-refractivity contribution in [2.45, 2.75) is 0 Å². The van der Waals surface area contributed by atoms with Gasteiger partial charge in [-0.05, 0) is 0 Å². The molecule has 2 heterocycles. The Hall–Kier alpha value is -0.680. The summed E-state index contributed by atoms with van der Waals surface area (Å²) in [5.41, 5.74) is 0. The number of hydrogen-bond acceptors (Lipinski definition) is 2. The Balaban J connectivity index is 2.30. The van der Waals surface area contributed by atoms with Crippen LogP contribution in [0.25, 0.3) is 0 Å². The van der Waals surface area contributed by atoms with E-state index in [2.05, 4.69) is 9.97 Å². The molecule has 0 spiro atoms. The molecular weight excluding hydrogens is 310 g/mol. The predicted molar refractivity (Wildman–Crippen MR) is 65.7 cm³/mol. The van der Waals surface area contributed by atoms with E-state index in [1.807, 2.05) is 36.4 Å². The van der Waals surface area contributed by atoms with Crippen LogP contribution in [0.2, 0.25) is 0 Å². The Bertz CT molecular complexity index is 354. The minimum absolute atomic E-state index is 0.983. The van der Waals surface area contributed by atoms with Crippen molar-refractivity contribution < 1.29 is 0 Å². The van der Waals surface area contributed by atoms with Crippen LogP contribution in [0.15, 0.2) is 48.8 Å². The maximum absolute atomic E-state index is 6.36. The fourth-order valence-corrected chi connectivity index (χ4v) is 4.54. The number of nitrogens with zero attached hydrogens (tertiary/aromatic N) is 2. The Labute approximate surface area is 93.5 Å². The molecule has 2 rings (SSSR count). The van der Waals surface area contributed by atoms with Crippen molar-refractivity contribution in [3.05, 3.63) is 56.2 Å². The van der Waals surface area contributed by atoms with Crippen LogP contribution in [0.4, 0.5) is 0 Å². The molecule has 0 fully saturated rings. The number of aromatic nitrogens is 2. The Morgan fingerprint density at radius 2 is 1.36 bits per heavy atom. The monoisotopic (exact) mass is 318 g/mol. The number of hydrogen-bond donors (Lipinski definition) is 0. The zero-order chi connectivity index (χ0) is 9.80. The van der Waals surface area contributed by atoms with Gasteiger partial charge in [0.2, 0.25) is 0 Å². The van der Waals surface area contributed by atoms with Crippen molar-refractivity contribution >= 4 is 27.6 Å². The van der Waals surface area contributed by atoms with Crippen LogP contribution in [0.5, 0.6) is 0 Å². The third-order valence-electron chi connectivity index (χ3n) is 1.60. The first kappa shape index (κ1) is 9.86. The molecule has 0 aromatic carbocycles. The van der Waals surface area contributed by atoms with Gasteiger partial charge in [0.25, 0.3) is 0 Å². The summed E-state index contributed by atoms with van der Waals surface area (Å²) in [6.07, 6.45) is 3.54. The van der Waals surface area contributed by atoms with E-state index in [9.17, 15) is 0 Å². The molecule has 2 nitrogen and oxygen atoms in total. The fraction of sp³-hybridized carbons (Fsp3) is 0. The van der Waals surface area contributed by atoms with E-state index in [1.165, 1.54) is 0 Å². The number of halogens is 2. The summed E-state index contributed by atoms with van der Waals surface area (Å²) in [7, 11) is 6.36. The third-order valence-corrected chi connectivity index (χ3v) is 6.78. The topological polar surface area (TPSA) is 25.8 Å². The Morgan fingerprint density at radius 3 is 1.71 bits per heavy atom. The fourth-order valence-electron chi connectivity index (χ4n) is 0.979. The Kier molecular flexibility index (Phi) is 3.31. The van der Waals surface area contributed by atoms with Crippen LogP contribution in [-0.4, -0.2) is 9.97 Å². The molecule has 4 heteroatoms. The quantitative estimate of drug-likeness (QED) is 0.628. The molecule has 0 N–H and O–H groups in total. The van der Waals surface area contributed by atoms with Crippen molar-refractivity contribution in [1.29, 1.82) is 0 Å². The molecule has 72 valence electrons. The molecule has 0 atom stereocenters. The van der Waals surface area contributed by atoms with E-state index >= 15 is 0 Å². The molecule has 0 aliphatic carbocycles. The Morgan fingerprint density at radius 1 is 0.857 bits per heavy atom. The van der Waals surface area contributed by atoms with Gasteiger partial charge in [-0.25, -0.2) is 0 Å². The molecule has 0 aliphatic heterocycles. The van der Waals surface area contributed by atoms with Crippen molar-refractivity contribution in [2.24, 2.45) is 0 Å². The first-order chi connectivity index (χ1) is 6.88. The summed E-state index contributed by atoms with van der Waals surface area (Å²) in [4.78, 5) is 8.51. The summed E-state index contributed by atoms with van der Waals surface area (Å²) >= 11 is -1.85. The van der Waals surface area contributed by atoms with Crippen molar-refractivity contribution in [3.8, 4) is 0 Å². The van der Waals surface area contributed by atoms with Crippen molar-refractivity contribution in [2.75, 3.05) is 0 Å². The molecule has 14 heavy (non-hydrogen) atoms. The molecule has 0 saturated heterocycles. The van der Waals surface area contributed by atoms with E-state index in [0.29, 0.717) is 0 Å². The molecule has 0 radical (unpaired) electrons. The van der Waals surface area contributed by atoms with Gasteiger partial charge in [0.15, 0.2) is 0 Å².